The van der Waals surface area contributed by atoms with Crippen LogP contribution in [0.15, 0.2) is 54.6 Å². The van der Waals surface area contributed by atoms with E-state index in [-0.39, 0.29) is 5.41 Å². The fourth-order valence-electron chi connectivity index (χ4n) is 3.48. The summed E-state index contributed by atoms with van der Waals surface area (Å²) in [5.74, 6) is 0.594. The van der Waals surface area contributed by atoms with Gasteiger partial charge in [-0.15, -0.1) is 0 Å². The zero-order valence-corrected chi connectivity index (χ0v) is 13.3. The summed E-state index contributed by atoms with van der Waals surface area (Å²) >= 11 is 0. The van der Waals surface area contributed by atoms with Gasteiger partial charge in [0.05, 0.1) is 0 Å². The van der Waals surface area contributed by atoms with Crippen LogP contribution in [0.2, 0.25) is 0 Å². The van der Waals surface area contributed by atoms with Crippen LogP contribution < -0.4 is 5.32 Å². The molecular weight excluding hydrogens is 254 g/mol. The van der Waals surface area contributed by atoms with Crippen LogP contribution in [0.1, 0.15) is 55.3 Å². The molecule has 21 heavy (non-hydrogen) atoms. The molecule has 0 spiro atoms. The lowest BCUT2D eigenvalue weighted by atomic mass is 9.83. The molecule has 1 fully saturated rings. The summed E-state index contributed by atoms with van der Waals surface area (Å²) in [5.41, 5.74) is 4.58. The number of rotatable bonds is 5. The Bertz CT molecular complexity index is 579. The highest BCUT2D eigenvalue weighted by Crippen LogP contribution is 2.56. The molecule has 1 unspecified atom stereocenters. The van der Waals surface area contributed by atoms with E-state index in [1.807, 2.05) is 0 Å². The molecule has 0 saturated heterocycles. The molecular formula is C20H25N. The molecule has 1 aliphatic rings. The van der Waals surface area contributed by atoms with Crippen molar-refractivity contribution in [3.8, 4) is 0 Å². The molecule has 1 aliphatic carbocycles. The third kappa shape index (κ3) is 2.63. The highest BCUT2D eigenvalue weighted by atomic mass is 14.9. The van der Waals surface area contributed by atoms with Gasteiger partial charge in [-0.25, -0.2) is 0 Å². The third-order valence-electron chi connectivity index (χ3n) is 4.92. The number of nitrogens with one attached hydrogen (secondary N) is 1. The van der Waals surface area contributed by atoms with Crippen LogP contribution in [0.3, 0.4) is 0 Å². The summed E-state index contributed by atoms with van der Waals surface area (Å²) in [4.78, 5) is 0. The summed E-state index contributed by atoms with van der Waals surface area (Å²) in [7, 11) is 2.09. The lowest BCUT2D eigenvalue weighted by molar-refractivity contribution is 0.463. The average molecular weight is 279 g/mol. The molecule has 0 aliphatic heterocycles. The molecule has 110 valence electrons. The Hall–Kier alpha value is -1.60. The van der Waals surface area contributed by atoms with E-state index < -0.39 is 0 Å². The standard InChI is InChI=1S/C20H25N/c1-15(2)16-9-11-17(12-10-16)19(21-3)20(13-14-20)18-7-5-4-6-8-18/h4-12,15,19,21H,13-14H2,1-3H3. The first-order valence-corrected chi connectivity index (χ1v) is 8.00. The molecule has 1 atom stereocenters. The maximum absolute atomic E-state index is 3.57. The van der Waals surface area contributed by atoms with Crippen molar-refractivity contribution in [1.29, 1.82) is 0 Å². The van der Waals surface area contributed by atoms with Gasteiger partial charge >= 0.3 is 0 Å². The van der Waals surface area contributed by atoms with Crippen LogP contribution in [0.4, 0.5) is 0 Å². The van der Waals surface area contributed by atoms with Gasteiger partial charge in [-0.3, -0.25) is 0 Å². The van der Waals surface area contributed by atoms with E-state index in [0.717, 1.165) is 0 Å². The predicted octanol–water partition coefficient (Wildman–Crippen LogP) is 4.80. The Labute approximate surface area is 128 Å². The van der Waals surface area contributed by atoms with Crippen molar-refractivity contribution in [1.82, 2.24) is 5.32 Å². The first kappa shape index (κ1) is 14.3. The lowest BCUT2D eigenvalue weighted by Crippen LogP contribution is -2.29. The van der Waals surface area contributed by atoms with Gasteiger partial charge in [0, 0.05) is 11.5 Å². The SMILES string of the molecule is CNC(c1ccc(C(C)C)cc1)C1(c2ccccc2)CC1. The first-order valence-electron chi connectivity index (χ1n) is 8.00. The quantitative estimate of drug-likeness (QED) is 0.828. The van der Waals surface area contributed by atoms with Gasteiger partial charge < -0.3 is 5.32 Å². The lowest BCUT2D eigenvalue weighted by Gasteiger charge is -2.28. The van der Waals surface area contributed by atoms with Crippen molar-refractivity contribution >= 4 is 0 Å². The van der Waals surface area contributed by atoms with Crippen molar-refractivity contribution in [3.63, 3.8) is 0 Å². The summed E-state index contributed by atoms with van der Waals surface area (Å²) in [6.07, 6.45) is 2.54. The molecule has 1 saturated carbocycles. The van der Waals surface area contributed by atoms with Gasteiger partial charge in [-0.05, 0) is 42.5 Å². The van der Waals surface area contributed by atoms with Crippen molar-refractivity contribution in [3.05, 3.63) is 71.3 Å². The van der Waals surface area contributed by atoms with Crippen LogP contribution in [0.25, 0.3) is 0 Å². The zero-order valence-electron chi connectivity index (χ0n) is 13.3. The summed E-state index contributed by atoms with van der Waals surface area (Å²) in [6.45, 7) is 4.49. The van der Waals surface area contributed by atoms with Crippen LogP contribution in [-0.4, -0.2) is 7.05 Å². The second kappa shape index (κ2) is 5.65. The minimum Gasteiger partial charge on any atom is -0.312 e. The minimum absolute atomic E-state index is 0.287. The Morgan fingerprint density at radius 2 is 1.43 bits per heavy atom. The van der Waals surface area contributed by atoms with Gasteiger partial charge in [-0.1, -0.05) is 68.4 Å². The van der Waals surface area contributed by atoms with Crippen LogP contribution >= 0.6 is 0 Å². The highest BCUT2D eigenvalue weighted by Gasteiger charge is 2.50. The van der Waals surface area contributed by atoms with Gasteiger partial charge in [0.1, 0.15) is 0 Å². The van der Waals surface area contributed by atoms with E-state index in [2.05, 4.69) is 80.8 Å². The van der Waals surface area contributed by atoms with Gasteiger partial charge in [-0.2, -0.15) is 0 Å². The molecule has 0 bridgehead atoms. The number of benzene rings is 2. The normalized spacial score (nSPS) is 17.7. The van der Waals surface area contributed by atoms with Crippen LogP contribution in [0, 0.1) is 0 Å². The topological polar surface area (TPSA) is 12.0 Å². The smallest absolute Gasteiger partial charge is 0.0415 e. The highest BCUT2D eigenvalue weighted by molar-refractivity contribution is 5.39. The Balaban J connectivity index is 1.92. The minimum atomic E-state index is 0.287. The molecule has 0 amide bonds. The van der Waals surface area contributed by atoms with E-state index in [0.29, 0.717) is 12.0 Å². The van der Waals surface area contributed by atoms with Crippen LogP contribution in [-0.2, 0) is 5.41 Å². The van der Waals surface area contributed by atoms with Crippen molar-refractivity contribution in [2.24, 2.45) is 0 Å². The Morgan fingerprint density at radius 3 is 1.90 bits per heavy atom. The Morgan fingerprint density at radius 1 is 0.857 bits per heavy atom. The maximum atomic E-state index is 3.57. The number of hydrogen-bond acceptors (Lipinski definition) is 1. The summed E-state index contributed by atoms with van der Waals surface area (Å²) in [5, 5.41) is 3.57. The molecule has 1 heteroatoms. The van der Waals surface area contributed by atoms with E-state index >= 15 is 0 Å². The second-order valence-corrected chi connectivity index (χ2v) is 6.57. The second-order valence-electron chi connectivity index (χ2n) is 6.57. The molecule has 1 nitrogen and oxygen atoms in total. The first-order chi connectivity index (χ1) is 10.2. The fourth-order valence-corrected chi connectivity index (χ4v) is 3.48. The Kier molecular flexibility index (Phi) is 3.86. The monoisotopic (exact) mass is 279 g/mol. The maximum Gasteiger partial charge on any atom is 0.0415 e. The molecule has 2 aromatic rings. The molecule has 1 N–H and O–H groups in total. The summed E-state index contributed by atoms with van der Waals surface area (Å²) < 4.78 is 0. The zero-order chi connectivity index (χ0) is 14.9. The van der Waals surface area contributed by atoms with E-state index in [9.17, 15) is 0 Å². The van der Waals surface area contributed by atoms with Crippen molar-refractivity contribution < 1.29 is 0 Å². The number of likely N-dealkylation sites (N-methyl/N-ethyl adjacent to an activating group) is 1. The van der Waals surface area contributed by atoms with Crippen LogP contribution in [0.5, 0.6) is 0 Å². The summed E-state index contributed by atoms with van der Waals surface area (Å²) in [6, 6.07) is 20.6. The van der Waals surface area contributed by atoms with E-state index in [1.165, 1.54) is 29.5 Å². The van der Waals surface area contributed by atoms with Gasteiger partial charge in [0.15, 0.2) is 0 Å². The third-order valence-corrected chi connectivity index (χ3v) is 4.92. The molecule has 0 heterocycles. The van der Waals surface area contributed by atoms with Crippen molar-refractivity contribution in [2.45, 2.75) is 44.1 Å². The van der Waals surface area contributed by atoms with E-state index in [4.69, 9.17) is 0 Å². The number of hydrogen-bond donors (Lipinski definition) is 1. The fraction of sp³-hybridized carbons (Fsp3) is 0.400. The van der Waals surface area contributed by atoms with Gasteiger partial charge in [0.25, 0.3) is 0 Å². The van der Waals surface area contributed by atoms with E-state index in [1.54, 1.807) is 0 Å². The molecule has 2 aromatic carbocycles. The van der Waals surface area contributed by atoms with Gasteiger partial charge in [0.2, 0.25) is 0 Å². The molecule has 0 radical (unpaired) electrons. The molecule has 0 aromatic heterocycles. The largest absolute Gasteiger partial charge is 0.312 e. The average Bonchev–Trinajstić information content (AvgIpc) is 3.31. The predicted molar refractivity (Wildman–Crippen MR) is 89.7 cm³/mol. The molecule has 3 rings (SSSR count). The van der Waals surface area contributed by atoms with Crippen molar-refractivity contribution in [2.75, 3.05) is 7.05 Å².